The van der Waals surface area contributed by atoms with Gasteiger partial charge in [-0.3, -0.25) is 0 Å². The molecular weight excluding hydrogens is 1160 g/mol. The lowest BCUT2D eigenvalue weighted by Crippen LogP contribution is -2.09. The van der Waals surface area contributed by atoms with Gasteiger partial charge in [0.2, 0.25) is 0 Å². The summed E-state index contributed by atoms with van der Waals surface area (Å²) in [6, 6.07) is 133. The highest BCUT2D eigenvalue weighted by molar-refractivity contribution is 5.91. The summed E-state index contributed by atoms with van der Waals surface area (Å²) in [5.74, 6) is 0. The maximum atomic E-state index is 2.35. The topological polar surface area (TPSA) is 13.0 Å². The quantitative estimate of drug-likeness (QED) is 0.0665. The minimum Gasteiger partial charge on any atom is -0.311 e. The van der Waals surface area contributed by atoms with Crippen molar-refractivity contribution in [3.63, 3.8) is 0 Å². The summed E-state index contributed by atoms with van der Waals surface area (Å²) in [6.45, 7) is 0. The van der Waals surface area contributed by atoms with E-state index in [1.165, 1.54) is 0 Å². The van der Waals surface area contributed by atoms with Crippen LogP contribution in [0.4, 0.5) is 68.2 Å². The molecule has 0 radical (unpaired) electrons. The van der Waals surface area contributed by atoms with Crippen LogP contribution in [0.5, 0.6) is 0 Å². The Morgan fingerprint density at radius 2 is 0.292 bits per heavy atom. The Morgan fingerprint density at radius 3 is 0.490 bits per heavy atom. The first-order valence-corrected chi connectivity index (χ1v) is 32.6. The van der Waals surface area contributed by atoms with Gasteiger partial charge in [-0.15, -0.1) is 0 Å². The second-order valence-electron chi connectivity index (χ2n) is 23.4. The molecule has 0 saturated heterocycles. The van der Waals surface area contributed by atoms with Crippen LogP contribution in [0.15, 0.2) is 376 Å². The van der Waals surface area contributed by atoms with Crippen molar-refractivity contribution in [1.82, 2.24) is 0 Å². The molecule has 14 rings (SSSR count). The summed E-state index contributed by atoms with van der Waals surface area (Å²) in [4.78, 5) is 9.18. The zero-order valence-electron chi connectivity index (χ0n) is 53.2. The van der Waals surface area contributed by atoms with Gasteiger partial charge in [0, 0.05) is 68.2 Å². The van der Waals surface area contributed by atoms with Crippen molar-refractivity contribution >= 4 is 117 Å². The Kier molecular flexibility index (Phi) is 18.8. The van der Waals surface area contributed by atoms with Gasteiger partial charge in [0.05, 0.1) is 0 Å². The maximum Gasteiger partial charge on any atom is 0.0462 e. The molecule has 96 heavy (non-hydrogen) atoms. The van der Waals surface area contributed by atoms with E-state index in [0.29, 0.717) is 0 Å². The minimum atomic E-state index is 1.08. The maximum absolute atomic E-state index is 2.35. The van der Waals surface area contributed by atoms with E-state index in [1.54, 1.807) is 0 Å². The van der Waals surface area contributed by atoms with Gasteiger partial charge in [-0.25, -0.2) is 0 Å². The summed E-state index contributed by atoms with van der Waals surface area (Å²) in [6.07, 6.45) is 17.9. The van der Waals surface area contributed by atoms with Gasteiger partial charge in [-0.2, -0.15) is 0 Å². The third kappa shape index (κ3) is 14.6. The SMILES string of the molecule is C(=C\c1ccc(/C=C/c2ccc(N(c3ccccc3)c3ccccc3)cc2)c(-c2cc(/C=C/c3ccc(N(c4ccccc4)c4ccccc4)cc3)ccc2/C=C/c2ccc(N(c3ccccc3)c3ccccc3)cc2)c1)/c1ccc(N(c2ccccc2)c2ccccc2)cc1. The van der Waals surface area contributed by atoms with Crippen LogP contribution in [0.1, 0.15) is 44.5 Å². The molecule has 0 aliphatic rings. The molecule has 0 amide bonds. The number of rotatable bonds is 21. The summed E-state index contributed by atoms with van der Waals surface area (Å²) in [7, 11) is 0. The normalized spacial score (nSPS) is 11.4. The van der Waals surface area contributed by atoms with Gasteiger partial charge >= 0.3 is 0 Å². The smallest absolute Gasteiger partial charge is 0.0462 e. The molecular formula is C92H70N4. The lowest BCUT2D eigenvalue weighted by Gasteiger charge is -2.25. The van der Waals surface area contributed by atoms with Gasteiger partial charge in [0.15, 0.2) is 0 Å². The number of hydrogen-bond acceptors (Lipinski definition) is 4. The molecule has 4 heteroatoms. The lowest BCUT2D eigenvalue weighted by atomic mass is 9.91. The molecule has 0 fully saturated rings. The minimum absolute atomic E-state index is 1.08. The molecule has 0 saturated carbocycles. The first-order chi connectivity index (χ1) is 47.6. The van der Waals surface area contributed by atoms with E-state index in [2.05, 4.69) is 444 Å². The van der Waals surface area contributed by atoms with E-state index < -0.39 is 0 Å². The average Bonchev–Trinajstić information content (AvgIpc) is 1.88. The molecule has 0 heterocycles. The van der Waals surface area contributed by atoms with Crippen molar-refractivity contribution in [3.8, 4) is 11.1 Å². The van der Waals surface area contributed by atoms with Crippen molar-refractivity contribution in [3.05, 3.63) is 421 Å². The Bertz CT molecular complexity index is 4430. The molecule has 14 aromatic rings. The molecule has 0 aliphatic heterocycles. The number of para-hydroxylation sites is 8. The van der Waals surface area contributed by atoms with Crippen LogP contribution in [-0.4, -0.2) is 0 Å². The molecule has 0 aliphatic carbocycles. The van der Waals surface area contributed by atoms with E-state index in [9.17, 15) is 0 Å². The summed E-state index contributed by atoms with van der Waals surface area (Å²) in [5, 5.41) is 0. The number of benzene rings is 14. The second-order valence-corrected chi connectivity index (χ2v) is 23.4. The molecule has 0 spiro atoms. The van der Waals surface area contributed by atoms with E-state index in [0.717, 1.165) is 124 Å². The van der Waals surface area contributed by atoms with E-state index >= 15 is 0 Å². The van der Waals surface area contributed by atoms with E-state index in [-0.39, 0.29) is 0 Å². The van der Waals surface area contributed by atoms with Crippen LogP contribution in [0.3, 0.4) is 0 Å². The lowest BCUT2D eigenvalue weighted by molar-refractivity contribution is 1.28. The van der Waals surface area contributed by atoms with Crippen molar-refractivity contribution in [1.29, 1.82) is 0 Å². The van der Waals surface area contributed by atoms with Crippen molar-refractivity contribution in [2.45, 2.75) is 0 Å². The van der Waals surface area contributed by atoms with Crippen LogP contribution in [-0.2, 0) is 0 Å². The molecule has 14 aromatic carbocycles. The van der Waals surface area contributed by atoms with Gasteiger partial charge in [-0.05, 0) is 213 Å². The fourth-order valence-corrected chi connectivity index (χ4v) is 12.2. The van der Waals surface area contributed by atoms with Crippen LogP contribution < -0.4 is 19.6 Å². The first kappa shape index (κ1) is 60.8. The molecule has 0 N–H and O–H groups in total. The molecule has 458 valence electrons. The fraction of sp³-hybridized carbons (Fsp3) is 0. The van der Waals surface area contributed by atoms with E-state index in [1.807, 2.05) is 0 Å². The predicted octanol–water partition coefficient (Wildman–Crippen LogP) is 25.9. The van der Waals surface area contributed by atoms with Gasteiger partial charge in [0.25, 0.3) is 0 Å². The largest absolute Gasteiger partial charge is 0.311 e. The van der Waals surface area contributed by atoms with E-state index in [4.69, 9.17) is 0 Å². The highest BCUT2D eigenvalue weighted by Crippen LogP contribution is 2.40. The summed E-state index contributed by atoms with van der Waals surface area (Å²) < 4.78 is 0. The highest BCUT2D eigenvalue weighted by Gasteiger charge is 2.17. The highest BCUT2D eigenvalue weighted by atomic mass is 15.2. The monoisotopic (exact) mass is 1230 g/mol. The van der Waals surface area contributed by atoms with Gasteiger partial charge < -0.3 is 19.6 Å². The summed E-state index contributed by atoms with van der Waals surface area (Å²) >= 11 is 0. The zero-order valence-corrected chi connectivity index (χ0v) is 53.2. The molecule has 4 nitrogen and oxygen atoms in total. The van der Waals surface area contributed by atoms with Crippen molar-refractivity contribution in [2.24, 2.45) is 0 Å². The predicted molar refractivity (Wildman–Crippen MR) is 412 cm³/mol. The zero-order chi connectivity index (χ0) is 64.5. The molecule has 0 atom stereocenters. The van der Waals surface area contributed by atoms with Crippen molar-refractivity contribution < 1.29 is 0 Å². The van der Waals surface area contributed by atoms with Crippen LogP contribution in [0.25, 0.3) is 59.7 Å². The summed E-state index contributed by atoms with van der Waals surface area (Å²) in [5.41, 5.74) is 24.1. The Morgan fingerprint density at radius 1 is 0.135 bits per heavy atom. The number of nitrogens with zero attached hydrogens (tertiary/aromatic N) is 4. The standard InChI is InChI=1S/C92H70N4/c1-9-25-79(26-10-1)93(80-27-11-2-12-28-80)87-61-49-71(50-62-87)41-43-75-47-59-77(57-45-73-53-65-89(66-54-73)95(83-33-17-5-18-34-83)84-35-19-6-20-36-84)91(69-75)92-70-76(44-42-72-51-63-88(64-52-72)94(81-29-13-3-14-30-81)82-31-15-4-16-32-82)48-60-78(92)58-46-74-55-67-90(68-56-74)96(85-37-21-7-22-38-85)86-39-23-8-24-40-86/h1-70H/b43-41+,44-42+,57-45+,58-46+. The second kappa shape index (κ2) is 29.7. The van der Waals surface area contributed by atoms with Crippen LogP contribution >= 0.6 is 0 Å². The first-order valence-electron chi connectivity index (χ1n) is 32.6. The van der Waals surface area contributed by atoms with Gasteiger partial charge in [0.1, 0.15) is 0 Å². The third-order valence-electron chi connectivity index (χ3n) is 17.0. The third-order valence-corrected chi connectivity index (χ3v) is 17.0. The van der Waals surface area contributed by atoms with Crippen LogP contribution in [0, 0.1) is 0 Å². The van der Waals surface area contributed by atoms with Crippen molar-refractivity contribution in [2.75, 3.05) is 19.6 Å². The fourth-order valence-electron chi connectivity index (χ4n) is 12.2. The Balaban J connectivity index is 0.843. The Hall–Kier alpha value is -12.8. The number of anilines is 12. The number of hydrogen-bond donors (Lipinski definition) is 0. The average molecular weight is 1230 g/mol. The molecule has 0 aromatic heterocycles. The van der Waals surface area contributed by atoms with Crippen LogP contribution in [0.2, 0.25) is 0 Å². The Labute approximate surface area is 564 Å². The van der Waals surface area contributed by atoms with Gasteiger partial charge in [-0.1, -0.05) is 267 Å². The molecule has 0 bridgehead atoms. The molecule has 0 unspecified atom stereocenters.